The Morgan fingerprint density at radius 1 is 0.960 bits per heavy atom. The Morgan fingerprint density at radius 2 is 1.66 bits per heavy atom. The summed E-state index contributed by atoms with van der Waals surface area (Å²) in [6.45, 7) is 1.49. The van der Waals surface area contributed by atoms with Crippen LogP contribution in [0, 0.1) is 0 Å². The molecule has 4 rings (SSSR count). The van der Waals surface area contributed by atoms with E-state index in [9.17, 15) is 44.1 Å². The van der Waals surface area contributed by atoms with Crippen molar-refractivity contribution >= 4 is 46.4 Å². The number of carbonyl (C=O) groups excluding carboxylic acids is 5. The Labute approximate surface area is 287 Å². The van der Waals surface area contributed by atoms with Gasteiger partial charge in [0.05, 0.1) is 12.1 Å². The largest absolute Gasteiger partial charge is 0.508 e. The maximum atomic E-state index is 13.8. The second-order valence-electron chi connectivity index (χ2n) is 12.4. The number of H-pyrrole nitrogens is 1. The molecule has 2 aromatic carbocycles. The summed E-state index contributed by atoms with van der Waals surface area (Å²) in [6.07, 6.45) is 0.490. The molecule has 1 aliphatic rings. The summed E-state index contributed by atoms with van der Waals surface area (Å²) in [5.74, 6) is -5.11. The number of benzene rings is 2. The second-order valence-corrected chi connectivity index (χ2v) is 12.4. The molecule has 11 N–H and O–H groups in total. The molecule has 1 aromatic heterocycles. The number of aliphatic carboxylic acids is 1. The minimum atomic E-state index is -1.64. The van der Waals surface area contributed by atoms with E-state index in [0.29, 0.717) is 18.4 Å². The smallest absolute Gasteiger partial charge is 0.326 e. The number of phenolic OH excluding ortho intramolecular Hbond substituents is 1. The van der Waals surface area contributed by atoms with Crippen molar-refractivity contribution in [3.8, 4) is 5.75 Å². The van der Waals surface area contributed by atoms with Crippen LogP contribution in [0.1, 0.15) is 43.7 Å². The van der Waals surface area contributed by atoms with E-state index in [1.54, 1.807) is 18.3 Å². The zero-order valence-electron chi connectivity index (χ0n) is 27.5. The maximum Gasteiger partial charge on any atom is 0.326 e. The third-order valence-electron chi connectivity index (χ3n) is 8.64. The first-order valence-corrected chi connectivity index (χ1v) is 16.2. The summed E-state index contributed by atoms with van der Waals surface area (Å²) >= 11 is 0. The highest BCUT2D eigenvalue weighted by Crippen LogP contribution is 2.22. The number of hydrogen-bond acceptors (Lipinski definition) is 9. The quantitative estimate of drug-likeness (QED) is 0.0898. The summed E-state index contributed by atoms with van der Waals surface area (Å²) in [6, 6.07) is 7.18. The number of primary amides is 1. The Bertz CT molecular complexity index is 1710. The van der Waals surface area contributed by atoms with Crippen LogP contribution in [0.2, 0.25) is 0 Å². The lowest BCUT2D eigenvalue weighted by Crippen LogP contribution is -2.60. The number of phenols is 1. The van der Waals surface area contributed by atoms with Gasteiger partial charge < -0.3 is 52.6 Å². The second kappa shape index (κ2) is 16.8. The van der Waals surface area contributed by atoms with Crippen molar-refractivity contribution in [3.63, 3.8) is 0 Å². The fraction of sp³-hybridized carbons (Fsp3) is 0.412. The van der Waals surface area contributed by atoms with Crippen LogP contribution in [0.3, 0.4) is 0 Å². The van der Waals surface area contributed by atoms with E-state index < -0.39 is 71.8 Å². The summed E-state index contributed by atoms with van der Waals surface area (Å²) in [7, 11) is 0. The molecule has 0 saturated carbocycles. The van der Waals surface area contributed by atoms with Gasteiger partial charge in [0.2, 0.25) is 29.5 Å². The highest BCUT2D eigenvalue weighted by Gasteiger charge is 2.39. The molecule has 2 heterocycles. The Balaban J connectivity index is 1.53. The minimum absolute atomic E-state index is 0.0485. The number of rotatable bonds is 16. The summed E-state index contributed by atoms with van der Waals surface area (Å²) in [5, 5.41) is 37.7. The normalized spacial score (nSPS) is 17.3. The average Bonchev–Trinajstić information content (AvgIpc) is 3.73. The number of nitrogens with zero attached hydrogens (tertiary/aromatic N) is 1. The molecular formula is C34H43N7O9. The van der Waals surface area contributed by atoms with Gasteiger partial charge in [-0.25, -0.2) is 4.79 Å². The van der Waals surface area contributed by atoms with Gasteiger partial charge in [0, 0.05) is 36.5 Å². The molecule has 50 heavy (non-hydrogen) atoms. The monoisotopic (exact) mass is 693 g/mol. The molecule has 0 radical (unpaired) electrons. The van der Waals surface area contributed by atoms with Gasteiger partial charge in [-0.3, -0.25) is 24.0 Å². The van der Waals surface area contributed by atoms with Crippen LogP contribution >= 0.6 is 0 Å². The van der Waals surface area contributed by atoms with Crippen LogP contribution in [0.5, 0.6) is 5.75 Å². The van der Waals surface area contributed by atoms with Crippen LogP contribution in [0.25, 0.3) is 10.9 Å². The summed E-state index contributed by atoms with van der Waals surface area (Å²) < 4.78 is 0. The first-order valence-electron chi connectivity index (χ1n) is 16.2. The van der Waals surface area contributed by atoms with Crippen molar-refractivity contribution in [2.45, 2.75) is 81.8 Å². The van der Waals surface area contributed by atoms with E-state index >= 15 is 0 Å². The molecule has 6 unspecified atom stereocenters. The topological polar surface area (TPSA) is 270 Å². The van der Waals surface area contributed by atoms with Gasteiger partial charge in [-0.2, -0.15) is 0 Å². The number of para-hydroxylation sites is 1. The highest BCUT2D eigenvalue weighted by molar-refractivity contribution is 5.96. The molecule has 3 aromatic rings. The van der Waals surface area contributed by atoms with Crippen molar-refractivity contribution in [1.82, 2.24) is 25.8 Å². The van der Waals surface area contributed by atoms with Gasteiger partial charge in [-0.1, -0.05) is 30.3 Å². The summed E-state index contributed by atoms with van der Waals surface area (Å²) in [5.41, 5.74) is 13.5. The zero-order chi connectivity index (χ0) is 36.5. The van der Waals surface area contributed by atoms with Crippen molar-refractivity contribution in [1.29, 1.82) is 0 Å². The Hall–Kier alpha value is -5.48. The van der Waals surface area contributed by atoms with E-state index in [0.717, 1.165) is 16.5 Å². The molecule has 268 valence electrons. The number of hydrogen-bond donors (Lipinski definition) is 9. The van der Waals surface area contributed by atoms with Gasteiger partial charge in [0.25, 0.3) is 0 Å². The number of carboxylic acid groups (broad SMARTS) is 1. The first-order chi connectivity index (χ1) is 23.7. The van der Waals surface area contributed by atoms with E-state index in [2.05, 4.69) is 20.9 Å². The molecule has 16 heteroatoms. The lowest BCUT2D eigenvalue weighted by Gasteiger charge is -2.29. The highest BCUT2D eigenvalue weighted by atomic mass is 16.4. The van der Waals surface area contributed by atoms with Gasteiger partial charge in [0.1, 0.15) is 29.9 Å². The number of aromatic nitrogens is 1. The zero-order valence-corrected chi connectivity index (χ0v) is 27.5. The number of carboxylic acids is 1. The minimum Gasteiger partial charge on any atom is -0.508 e. The van der Waals surface area contributed by atoms with Crippen LogP contribution in [0.15, 0.2) is 54.7 Å². The van der Waals surface area contributed by atoms with Crippen molar-refractivity contribution in [2.24, 2.45) is 11.5 Å². The standard InChI is InChI=1S/C34H43N7O9/c1-18(42)29(32(47)38-25(34(49)50)12-13-28(36)44)40-30(45)26(16-20-17-37-24-6-3-2-5-22(20)24)39-31(46)27-7-4-14-41(27)33(48)23(35)15-19-8-10-21(43)11-9-19/h2-3,5-6,8-11,17-18,23,25-27,29,37,42-43H,4,7,12-16,35H2,1H3,(H2,36,44)(H,38,47)(H,39,46)(H,40,45)(H,49,50). The van der Waals surface area contributed by atoms with Crippen molar-refractivity contribution in [2.75, 3.05) is 6.54 Å². The molecule has 16 nitrogen and oxygen atoms in total. The lowest BCUT2D eigenvalue weighted by atomic mass is 10.0. The molecule has 1 fully saturated rings. The predicted octanol–water partition coefficient (Wildman–Crippen LogP) is -0.838. The number of amides is 5. The molecular weight excluding hydrogens is 650 g/mol. The number of aromatic amines is 1. The van der Waals surface area contributed by atoms with E-state index in [1.165, 1.54) is 24.0 Å². The van der Waals surface area contributed by atoms with Crippen LogP contribution in [-0.2, 0) is 41.6 Å². The number of likely N-dealkylation sites (tertiary alicyclic amines) is 1. The number of carbonyl (C=O) groups is 6. The lowest BCUT2D eigenvalue weighted by molar-refractivity contribution is -0.143. The third kappa shape index (κ3) is 9.57. The fourth-order valence-corrected chi connectivity index (χ4v) is 5.95. The SMILES string of the molecule is CC(O)C(NC(=O)C(Cc1c[nH]c2ccccc12)NC(=O)C1CCCN1C(=O)C(N)Cc1ccc(O)cc1)C(=O)NC(CCC(N)=O)C(=O)O. The first kappa shape index (κ1) is 37.3. The van der Waals surface area contributed by atoms with Crippen LogP contribution < -0.4 is 27.4 Å². The molecule has 5 amide bonds. The van der Waals surface area contributed by atoms with Gasteiger partial charge in [-0.15, -0.1) is 0 Å². The van der Waals surface area contributed by atoms with Gasteiger partial charge in [0.15, 0.2) is 0 Å². The molecule has 1 saturated heterocycles. The number of aliphatic hydroxyl groups excluding tert-OH is 1. The molecule has 0 bridgehead atoms. The molecule has 6 atom stereocenters. The molecule has 1 aliphatic heterocycles. The van der Waals surface area contributed by atoms with Gasteiger partial charge >= 0.3 is 5.97 Å². The fourth-order valence-electron chi connectivity index (χ4n) is 5.95. The Kier molecular flexibility index (Phi) is 12.5. The van der Waals surface area contributed by atoms with Crippen molar-refractivity contribution in [3.05, 3.63) is 65.9 Å². The summed E-state index contributed by atoms with van der Waals surface area (Å²) in [4.78, 5) is 81.6. The van der Waals surface area contributed by atoms with E-state index in [1.807, 2.05) is 24.3 Å². The van der Waals surface area contributed by atoms with E-state index in [-0.39, 0.29) is 38.0 Å². The molecule has 0 aliphatic carbocycles. The number of aromatic hydroxyl groups is 1. The predicted molar refractivity (Wildman–Crippen MR) is 180 cm³/mol. The maximum absolute atomic E-state index is 13.8. The number of nitrogens with one attached hydrogen (secondary N) is 4. The number of aliphatic hydroxyl groups is 1. The van der Waals surface area contributed by atoms with Gasteiger partial charge in [-0.05, 0) is 61.9 Å². The molecule has 0 spiro atoms. The van der Waals surface area contributed by atoms with E-state index in [4.69, 9.17) is 11.5 Å². The average molecular weight is 694 g/mol. The van der Waals surface area contributed by atoms with Crippen LogP contribution in [0.4, 0.5) is 0 Å². The van der Waals surface area contributed by atoms with Crippen molar-refractivity contribution < 1.29 is 44.1 Å². The number of nitrogens with two attached hydrogens (primary N) is 2. The third-order valence-corrected chi connectivity index (χ3v) is 8.64. The number of fused-ring (bicyclic) bond motifs is 1. The van der Waals surface area contributed by atoms with Crippen LogP contribution in [-0.4, -0.2) is 104 Å². The Morgan fingerprint density at radius 3 is 2.32 bits per heavy atom.